The minimum atomic E-state index is -0.267. The van der Waals surface area contributed by atoms with Crippen LogP contribution in [-0.2, 0) is 9.57 Å². The van der Waals surface area contributed by atoms with E-state index in [1.54, 1.807) is 12.0 Å². The third-order valence-electron chi connectivity index (χ3n) is 2.41. The van der Waals surface area contributed by atoms with E-state index in [2.05, 4.69) is 5.48 Å². The summed E-state index contributed by atoms with van der Waals surface area (Å²) in [6.45, 7) is 4.93. The Morgan fingerprint density at radius 1 is 1.47 bits per heavy atom. The van der Waals surface area contributed by atoms with E-state index >= 15 is 0 Å². The molecule has 0 aromatic heterocycles. The fraction of sp³-hybridized carbons (Fsp3) is 0.900. The number of nitrogens with zero attached hydrogens (tertiary/aromatic N) is 1. The van der Waals surface area contributed by atoms with Crippen LogP contribution in [0.2, 0.25) is 0 Å². The van der Waals surface area contributed by atoms with Gasteiger partial charge in [-0.2, -0.15) is 5.48 Å². The van der Waals surface area contributed by atoms with E-state index in [9.17, 15) is 4.79 Å². The topological polar surface area (TPSA) is 50.8 Å². The first-order valence-corrected chi connectivity index (χ1v) is 5.41. The molecule has 0 aliphatic carbocycles. The lowest BCUT2D eigenvalue weighted by atomic mass is 10.2. The van der Waals surface area contributed by atoms with Gasteiger partial charge in [-0.3, -0.25) is 0 Å². The fourth-order valence-corrected chi connectivity index (χ4v) is 1.55. The zero-order valence-corrected chi connectivity index (χ0v) is 9.49. The zero-order chi connectivity index (χ0) is 11.1. The maximum Gasteiger partial charge on any atom is 0.428 e. The van der Waals surface area contributed by atoms with Gasteiger partial charge in [-0.15, -0.1) is 0 Å². The predicted octanol–water partition coefficient (Wildman–Crippen LogP) is 1.01. The number of carbonyl (C=O) groups is 1. The van der Waals surface area contributed by atoms with Crippen molar-refractivity contribution >= 4 is 6.09 Å². The highest BCUT2D eigenvalue weighted by Crippen LogP contribution is 2.07. The lowest BCUT2D eigenvalue weighted by Gasteiger charge is -2.16. The normalized spacial score (nSPS) is 17.9. The molecule has 1 fully saturated rings. The molecule has 1 saturated heterocycles. The molecule has 15 heavy (non-hydrogen) atoms. The minimum Gasteiger partial charge on any atom is -0.384 e. The van der Waals surface area contributed by atoms with Crippen LogP contribution in [0.3, 0.4) is 0 Å². The molecule has 1 N–H and O–H groups in total. The van der Waals surface area contributed by atoms with Gasteiger partial charge in [0.1, 0.15) is 0 Å². The van der Waals surface area contributed by atoms with Gasteiger partial charge in [0.15, 0.2) is 0 Å². The molecular formula is C10H20N2O3. The maximum atomic E-state index is 11.4. The van der Waals surface area contributed by atoms with Gasteiger partial charge in [-0.1, -0.05) is 6.92 Å². The van der Waals surface area contributed by atoms with Gasteiger partial charge >= 0.3 is 6.09 Å². The van der Waals surface area contributed by atoms with Crippen molar-refractivity contribution in [1.82, 2.24) is 10.4 Å². The molecule has 0 unspecified atom stereocenters. The van der Waals surface area contributed by atoms with E-state index in [4.69, 9.17) is 9.57 Å². The molecule has 0 aromatic rings. The first kappa shape index (κ1) is 12.3. The molecule has 0 aromatic carbocycles. The van der Waals surface area contributed by atoms with E-state index in [-0.39, 0.29) is 6.09 Å². The number of hydroxylamine groups is 1. The van der Waals surface area contributed by atoms with Crippen molar-refractivity contribution in [3.05, 3.63) is 0 Å². The van der Waals surface area contributed by atoms with Gasteiger partial charge in [0, 0.05) is 26.7 Å². The molecule has 1 amide bonds. The first-order chi connectivity index (χ1) is 7.24. The van der Waals surface area contributed by atoms with Crippen LogP contribution in [-0.4, -0.2) is 44.3 Å². The van der Waals surface area contributed by atoms with E-state index in [0.29, 0.717) is 19.1 Å². The van der Waals surface area contributed by atoms with Crippen LogP contribution in [0.1, 0.15) is 19.8 Å². The van der Waals surface area contributed by atoms with Crippen LogP contribution in [0.25, 0.3) is 0 Å². The molecular weight excluding hydrogens is 196 g/mol. The van der Waals surface area contributed by atoms with Crippen molar-refractivity contribution in [3.63, 3.8) is 0 Å². The first-order valence-electron chi connectivity index (χ1n) is 5.41. The summed E-state index contributed by atoms with van der Waals surface area (Å²) in [7, 11) is 1.66. The standard InChI is InChI=1S/C10H20N2O3/c1-9(8-14-2)7-11-15-10(13)12-5-3-4-6-12/h9,11H,3-8H2,1-2H3/t9-/m0/s1. The van der Waals surface area contributed by atoms with Crippen molar-refractivity contribution in [1.29, 1.82) is 0 Å². The third-order valence-corrected chi connectivity index (χ3v) is 2.41. The predicted molar refractivity (Wildman–Crippen MR) is 56.3 cm³/mol. The van der Waals surface area contributed by atoms with Crippen molar-refractivity contribution in [2.24, 2.45) is 5.92 Å². The quantitative estimate of drug-likeness (QED) is 0.697. The molecule has 0 radical (unpaired) electrons. The molecule has 1 atom stereocenters. The van der Waals surface area contributed by atoms with Crippen molar-refractivity contribution in [2.75, 3.05) is 33.4 Å². The summed E-state index contributed by atoms with van der Waals surface area (Å²) in [5.74, 6) is 0.335. The Morgan fingerprint density at radius 2 is 2.13 bits per heavy atom. The van der Waals surface area contributed by atoms with Crippen molar-refractivity contribution in [2.45, 2.75) is 19.8 Å². The van der Waals surface area contributed by atoms with Crippen LogP contribution in [0.4, 0.5) is 4.79 Å². The molecule has 1 aliphatic heterocycles. The molecule has 5 heteroatoms. The molecule has 0 spiro atoms. The Morgan fingerprint density at radius 3 is 2.73 bits per heavy atom. The van der Waals surface area contributed by atoms with E-state index in [1.165, 1.54) is 0 Å². The highest BCUT2D eigenvalue weighted by Gasteiger charge is 2.19. The number of methoxy groups -OCH3 is 1. The summed E-state index contributed by atoms with van der Waals surface area (Å²) in [6, 6.07) is 0. The number of hydrogen-bond donors (Lipinski definition) is 1. The summed E-state index contributed by atoms with van der Waals surface area (Å²) in [6.07, 6.45) is 1.89. The van der Waals surface area contributed by atoms with Gasteiger partial charge in [-0.05, 0) is 18.8 Å². The average Bonchev–Trinajstić information content (AvgIpc) is 2.70. The summed E-state index contributed by atoms with van der Waals surface area (Å²) in [5.41, 5.74) is 2.68. The van der Waals surface area contributed by atoms with Crippen LogP contribution < -0.4 is 5.48 Å². The number of rotatable bonds is 5. The van der Waals surface area contributed by atoms with Gasteiger partial charge in [0.05, 0.1) is 6.61 Å². The number of likely N-dealkylation sites (tertiary alicyclic amines) is 1. The van der Waals surface area contributed by atoms with Crippen LogP contribution in [0.15, 0.2) is 0 Å². The molecule has 0 bridgehead atoms. The van der Waals surface area contributed by atoms with Gasteiger partial charge in [-0.25, -0.2) is 4.79 Å². The van der Waals surface area contributed by atoms with Crippen LogP contribution in [0, 0.1) is 5.92 Å². The number of carbonyl (C=O) groups excluding carboxylic acids is 1. The van der Waals surface area contributed by atoms with Crippen LogP contribution >= 0.6 is 0 Å². The maximum absolute atomic E-state index is 11.4. The second-order valence-electron chi connectivity index (χ2n) is 3.97. The third kappa shape index (κ3) is 4.48. The van der Waals surface area contributed by atoms with Gasteiger partial charge in [0.25, 0.3) is 0 Å². The smallest absolute Gasteiger partial charge is 0.384 e. The number of ether oxygens (including phenoxy) is 1. The highest BCUT2D eigenvalue weighted by atomic mass is 16.7. The SMILES string of the molecule is COC[C@@H](C)CNOC(=O)N1CCCC1. The highest BCUT2D eigenvalue weighted by molar-refractivity contribution is 5.67. The summed E-state index contributed by atoms with van der Waals surface area (Å²) in [4.78, 5) is 18.0. The second-order valence-corrected chi connectivity index (χ2v) is 3.97. The molecule has 1 heterocycles. The fourth-order valence-electron chi connectivity index (χ4n) is 1.55. The summed E-state index contributed by atoms with van der Waals surface area (Å²) >= 11 is 0. The molecule has 1 aliphatic rings. The van der Waals surface area contributed by atoms with Crippen molar-refractivity contribution in [3.8, 4) is 0 Å². The Bertz CT molecular complexity index is 193. The molecule has 88 valence electrons. The Kier molecular flexibility index (Phi) is 5.42. The van der Waals surface area contributed by atoms with E-state index in [0.717, 1.165) is 25.9 Å². The van der Waals surface area contributed by atoms with Gasteiger partial charge in [0.2, 0.25) is 0 Å². The average molecular weight is 216 g/mol. The lowest BCUT2D eigenvalue weighted by molar-refractivity contribution is 0.0479. The largest absolute Gasteiger partial charge is 0.428 e. The number of amides is 1. The second kappa shape index (κ2) is 6.63. The molecule has 5 nitrogen and oxygen atoms in total. The minimum absolute atomic E-state index is 0.267. The van der Waals surface area contributed by atoms with Gasteiger partial charge < -0.3 is 14.5 Å². The molecule has 0 saturated carbocycles. The summed E-state index contributed by atoms with van der Waals surface area (Å²) in [5, 5.41) is 0. The summed E-state index contributed by atoms with van der Waals surface area (Å²) < 4.78 is 4.97. The zero-order valence-electron chi connectivity index (χ0n) is 9.49. The Hall–Kier alpha value is -0.810. The lowest BCUT2D eigenvalue weighted by Crippen LogP contribution is -2.35. The van der Waals surface area contributed by atoms with Crippen LogP contribution in [0.5, 0.6) is 0 Å². The Labute approximate surface area is 90.7 Å². The van der Waals surface area contributed by atoms with E-state index in [1.807, 2.05) is 6.92 Å². The molecule has 1 rings (SSSR count). The van der Waals surface area contributed by atoms with Crippen molar-refractivity contribution < 1.29 is 14.4 Å². The monoisotopic (exact) mass is 216 g/mol. The number of nitrogens with one attached hydrogen (secondary N) is 1. The number of hydrogen-bond acceptors (Lipinski definition) is 4. The van der Waals surface area contributed by atoms with E-state index < -0.39 is 0 Å². The Balaban J connectivity index is 2.06.